The minimum atomic E-state index is -0.327. The van der Waals surface area contributed by atoms with Gasteiger partial charge >= 0.3 is 0 Å². The number of amides is 2. The lowest BCUT2D eigenvalue weighted by Gasteiger charge is -2.15. The molecule has 8 heteroatoms. The number of aryl methyl sites for hydroxylation is 1. The normalized spacial score (nSPS) is 11.9. The number of aromatic nitrogens is 3. The zero-order valence-corrected chi connectivity index (χ0v) is 20.6. The summed E-state index contributed by atoms with van der Waals surface area (Å²) in [4.78, 5) is 25.2. The van der Waals surface area contributed by atoms with Gasteiger partial charge in [0.25, 0.3) is 5.91 Å². The summed E-state index contributed by atoms with van der Waals surface area (Å²) in [5.41, 5.74) is 3.58. The van der Waals surface area contributed by atoms with Crippen molar-refractivity contribution in [2.24, 2.45) is 0 Å². The van der Waals surface area contributed by atoms with Gasteiger partial charge < -0.3 is 15.2 Å². The second kappa shape index (κ2) is 11.1. The number of rotatable bonds is 9. The van der Waals surface area contributed by atoms with E-state index >= 15 is 0 Å². The molecule has 3 aromatic rings. The zero-order valence-electron chi connectivity index (χ0n) is 19.8. The van der Waals surface area contributed by atoms with Gasteiger partial charge in [0.05, 0.1) is 11.8 Å². The van der Waals surface area contributed by atoms with Gasteiger partial charge in [0.15, 0.2) is 11.0 Å². The minimum Gasteiger partial charge on any atom is -0.342 e. The number of nitrogens with one attached hydrogen (secondary N) is 2. The Balaban J connectivity index is 1.64. The van der Waals surface area contributed by atoms with Crippen molar-refractivity contribution >= 4 is 29.3 Å². The van der Waals surface area contributed by atoms with E-state index in [2.05, 4.69) is 34.7 Å². The summed E-state index contributed by atoms with van der Waals surface area (Å²) in [6.45, 7) is 10.7. The SMILES string of the molecule is CCn1c(SCC(=O)Nc2ccccc2C(C)C)nnc1C(C)NC(=O)c1cccc(C)c1. The van der Waals surface area contributed by atoms with E-state index in [1.807, 2.05) is 67.8 Å². The van der Waals surface area contributed by atoms with Crippen LogP contribution in [0.15, 0.2) is 53.7 Å². The molecule has 3 rings (SSSR count). The van der Waals surface area contributed by atoms with Crippen LogP contribution in [0.5, 0.6) is 0 Å². The number of hydrogen-bond donors (Lipinski definition) is 2. The Labute approximate surface area is 199 Å². The molecule has 0 spiro atoms. The summed E-state index contributed by atoms with van der Waals surface area (Å²) >= 11 is 1.33. The topological polar surface area (TPSA) is 88.9 Å². The molecule has 0 aliphatic rings. The van der Waals surface area contributed by atoms with E-state index < -0.39 is 0 Å². The van der Waals surface area contributed by atoms with Crippen LogP contribution in [-0.2, 0) is 11.3 Å². The van der Waals surface area contributed by atoms with Gasteiger partial charge in [-0.1, -0.05) is 61.5 Å². The predicted molar refractivity (Wildman–Crippen MR) is 133 cm³/mol. The van der Waals surface area contributed by atoms with Gasteiger partial charge in [-0.25, -0.2) is 0 Å². The van der Waals surface area contributed by atoms with Crippen molar-refractivity contribution in [3.63, 3.8) is 0 Å². The highest BCUT2D eigenvalue weighted by atomic mass is 32.2. The first-order chi connectivity index (χ1) is 15.8. The Morgan fingerprint density at radius 3 is 2.52 bits per heavy atom. The first-order valence-electron chi connectivity index (χ1n) is 11.1. The van der Waals surface area contributed by atoms with Crippen molar-refractivity contribution in [1.29, 1.82) is 0 Å². The summed E-state index contributed by atoms with van der Waals surface area (Å²) in [6.07, 6.45) is 0. The van der Waals surface area contributed by atoms with Gasteiger partial charge in [-0.2, -0.15) is 0 Å². The molecule has 1 aromatic heterocycles. The number of para-hydroxylation sites is 1. The molecule has 1 heterocycles. The van der Waals surface area contributed by atoms with E-state index in [0.29, 0.717) is 29.0 Å². The molecule has 0 bridgehead atoms. The highest BCUT2D eigenvalue weighted by Crippen LogP contribution is 2.25. The Hall–Kier alpha value is -3.13. The van der Waals surface area contributed by atoms with Gasteiger partial charge in [0.1, 0.15) is 0 Å². The molecule has 33 heavy (non-hydrogen) atoms. The molecule has 2 N–H and O–H groups in total. The van der Waals surface area contributed by atoms with Crippen LogP contribution in [0.25, 0.3) is 0 Å². The average molecular weight is 466 g/mol. The van der Waals surface area contributed by atoms with Crippen LogP contribution in [0.1, 0.15) is 67.0 Å². The monoisotopic (exact) mass is 465 g/mol. The lowest BCUT2D eigenvalue weighted by atomic mass is 10.0. The van der Waals surface area contributed by atoms with Gasteiger partial charge in [-0.3, -0.25) is 9.59 Å². The molecule has 0 saturated carbocycles. The largest absolute Gasteiger partial charge is 0.342 e. The molecule has 0 saturated heterocycles. The predicted octanol–water partition coefficient (Wildman–Crippen LogP) is 4.95. The fraction of sp³-hybridized carbons (Fsp3) is 0.360. The Morgan fingerprint density at radius 1 is 1.06 bits per heavy atom. The lowest BCUT2D eigenvalue weighted by Crippen LogP contribution is -2.28. The Morgan fingerprint density at radius 2 is 1.82 bits per heavy atom. The maximum Gasteiger partial charge on any atom is 0.251 e. The standard InChI is InChI=1S/C25H31N5O2S/c1-6-30-23(18(5)26-24(32)19-11-9-10-17(4)14-19)28-29-25(30)33-15-22(31)27-21-13-8-7-12-20(21)16(2)3/h7-14,16,18H,6,15H2,1-5H3,(H,26,32)(H,27,31). The first-order valence-corrected chi connectivity index (χ1v) is 12.1. The van der Waals surface area contributed by atoms with E-state index in [4.69, 9.17) is 0 Å². The number of anilines is 1. The summed E-state index contributed by atoms with van der Waals surface area (Å²) in [7, 11) is 0. The van der Waals surface area contributed by atoms with Crippen LogP contribution in [0.4, 0.5) is 5.69 Å². The lowest BCUT2D eigenvalue weighted by molar-refractivity contribution is -0.113. The third kappa shape index (κ3) is 6.22. The first kappa shape index (κ1) is 24.5. The van der Waals surface area contributed by atoms with Crippen LogP contribution in [0, 0.1) is 6.92 Å². The summed E-state index contributed by atoms with van der Waals surface area (Å²) < 4.78 is 1.93. The van der Waals surface area contributed by atoms with Crippen molar-refractivity contribution < 1.29 is 9.59 Å². The van der Waals surface area contributed by atoms with Gasteiger partial charge in [-0.15, -0.1) is 10.2 Å². The van der Waals surface area contributed by atoms with Crippen molar-refractivity contribution in [1.82, 2.24) is 20.1 Å². The fourth-order valence-corrected chi connectivity index (χ4v) is 4.40. The van der Waals surface area contributed by atoms with E-state index in [1.165, 1.54) is 11.8 Å². The van der Waals surface area contributed by atoms with Crippen molar-refractivity contribution in [3.8, 4) is 0 Å². The number of carbonyl (C=O) groups excluding carboxylic acids is 2. The third-order valence-corrected chi connectivity index (χ3v) is 6.23. The second-order valence-electron chi connectivity index (χ2n) is 8.23. The van der Waals surface area contributed by atoms with Gasteiger partial charge in [0.2, 0.25) is 5.91 Å². The molecule has 0 aliphatic carbocycles. The maximum absolute atomic E-state index is 12.6. The molecule has 1 unspecified atom stereocenters. The minimum absolute atomic E-state index is 0.0962. The number of hydrogen-bond acceptors (Lipinski definition) is 5. The van der Waals surface area contributed by atoms with Crippen LogP contribution < -0.4 is 10.6 Å². The van der Waals surface area contributed by atoms with Crippen LogP contribution >= 0.6 is 11.8 Å². The molecule has 0 radical (unpaired) electrons. The number of benzene rings is 2. The molecule has 2 aromatic carbocycles. The smallest absolute Gasteiger partial charge is 0.251 e. The van der Waals surface area contributed by atoms with Crippen molar-refractivity contribution in [2.45, 2.75) is 58.3 Å². The molecule has 2 amide bonds. The molecule has 0 fully saturated rings. The van der Waals surface area contributed by atoms with Crippen LogP contribution in [-0.4, -0.2) is 32.3 Å². The highest BCUT2D eigenvalue weighted by Gasteiger charge is 2.20. The van der Waals surface area contributed by atoms with E-state index in [-0.39, 0.29) is 23.6 Å². The number of nitrogens with zero attached hydrogens (tertiary/aromatic N) is 3. The van der Waals surface area contributed by atoms with E-state index in [0.717, 1.165) is 16.8 Å². The zero-order chi connectivity index (χ0) is 24.0. The molecule has 0 aliphatic heterocycles. The van der Waals surface area contributed by atoms with E-state index in [9.17, 15) is 9.59 Å². The molecule has 1 atom stereocenters. The number of thioether (sulfide) groups is 1. The molecule has 7 nitrogen and oxygen atoms in total. The van der Waals surface area contributed by atoms with Crippen molar-refractivity contribution in [2.75, 3.05) is 11.1 Å². The number of carbonyl (C=O) groups is 2. The van der Waals surface area contributed by atoms with E-state index in [1.54, 1.807) is 6.07 Å². The maximum atomic E-state index is 12.6. The Kier molecular flexibility index (Phi) is 8.27. The third-order valence-electron chi connectivity index (χ3n) is 5.27. The molecular formula is C25H31N5O2S. The Bertz CT molecular complexity index is 1130. The summed E-state index contributed by atoms with van der Waals surface area (Å²) in [5, 5.41) is 15.2. The summed E-state index contributed by atoms with van der Waals surface area (Å²) in [6, 6.07) is 15.0. The molecule has 174 valence electrons. The van der Waals surface area contributed by atoms with Gasteiger partial charge in [-0.05, 0) is 50.5 Å². The summed E-state index contributed by atoms with van der Waals surface area (Å²) in [5.74, 6) is 0.938. The average Bonchev–Trinajstić information content (AvgIpc) is 3.21. The molecular weight excluding hydrogens is 434 g/mol. The fourth-order valence-electron chi connectivity index (χ4n) is 3.59. The van der Waals surface area contributed by atoms with Crippen molar-refractivity contribution in [3.05, 3.63) is 71.0 Å². The second-order valence-corrected chi connectivity index (χ2v) is 9.17. The van der Waals surface area contributed by atoms with Crippen LogP contribution in [0.2, 0.25) is 0 Å². The quantitative estimate of drug-likeness (QED) is 0.437. The van der Waals surface area contributed by atoms with Crippen LogP contribution in [0.3, 0.4) is 0 Å². The highest BCUT2D eigenvalue weighted by molar-refractivity contribution is 7.99. The van der Waals surface area contributed by atoms with Gasteiger partial charge in [0, 0.05) is 17.8 Å².